The van der Waals surface area contributed by atoms with Crippen LogP contribution in [0.5, 0.6) is 11.5 Å². The van der Waals surface area contributed by atoms with Crippen molar-refractivity contribution >= 4 is 0 Å². The van der Waals surface area contributed by atoms with E-state index in [0.717, 1.165) is 0 Å². The molecule has 0 aliphatic heterocycles. The minimum Gasteiger partial charge on any atom is -0.872 e. The van der Waals surface area contributed by atoms with E-state index in [1.54, 1.807) is 18.2 Å². The lowest BCUT2D eigenvalue weighted by Gasteiger charge is -2.06. The summed E-state index contributed by atoms with van der Waals surface area (Å²) in [5.74, 6) is 0.695. The molecule has 11 heavy (non-hydrogen) atoms. The van der Waals surface area contributed by atoms with E-state index in [2.05, 4.69) is 6.58 Å². The van der Waals surface area contributed by atoms with Crippen LogP contribution in [0.2, 0.25) is 0 Å². The number of hydrogen-bond acceptors (Lipinski definition) is 2. The number of benzene rings is 1. The first-order valence-electron chi connectivity index (χ1n) is 3.33. The van der Waals surface area contributed by atoms with E-state index < -0.39 is 0 Å². The fourth-order valence-electron chi connectivity index (χ4n) is 0.691. The molecule has 0 aromatic heterocycles. The fraction of sp³-hybridized carbons (Fsp3) is 0.111. The molecule has 0 heterocycles. The van der Waals surface area contributed by atoms with Crippen LogP contribution in [-0.4, -0.2) is 6.61 Å². The van der Waals surface area contributed by atoms with E-state index in [1.807, 2.05) is 0 Å². The van der Waals surface area contributed by atoms with Gasteiger partial charge in [0.05, 0.1) is 0 Å². The largest absolute Gasteiger partial charge is 0.872 e. The van der Waals surface area contributed by atoms with Crippen LogP contribution in [-0.2, 0) is 0 Å². The molecule has 58 valence electrons. The predicted molar refractivity (Wildman–Crippen MR) is 41.6 cm³/mol. The van der Waals surface area contributed by atoms with Crippen LogP contribution >= 0.6 is 0 Å². The van der Waals surface area contributed by atoms with Crippen molar-refractivity contribution in [3.05, 3.63) is 36.9 Å². The van der Waals surface area contributed by atoms with Crippen molar-refractivity contribution in [3.8, 4) is 11.5 Å². The molecule has 2 nitrogen and oxygen atoms in total. The highest BCUT2D eigenvalue weighted by atomic mass is 16.5. The molecular formula is C9H9O2-. The van der Waals surface area contributed by atoms with E-state index in [0.29, 0.717) is 12.4 Å². The first-order valence-corrected chi connectivity index (χ1v) is 3.33. The van der Waals surface area contributed by atoms with Crippen molar-refractivity contribution in [3.63, 3.8) is 0 Å². The third-order valence-corrected chi connectivity index (χ3v) is 1.19. The summed E-state index contributed by atoms with van der Waals surface area (Å²) in [7, 11) is 0. The van der Waals surface area contributed by atoms with Gasteiger partial charge in [-0.05, 0) is 12.1 Å². The second-order valence-electron chi connectivity index (χ2n) is 2.07. The molecule has 0 radical (unpaired) electrons. The lowest BCUT2D eigenvalue weighted by atomic mass is 10.3. The van der Waals surface area contributed by atoms with Gasteiger partial charge in [0, 0.05) is 0 Å². The zero-order valence-electron chi connectivity index (χ0n) is 6.12. The summed E-state index contributed by atoms with van der Waals surface area (Å²) in [4.78, 5) is 0. The summed E-state index contributed by atoms with van der Waals surface area (Å²) in [5.41, 5.74) is 0. The Labute approximate surface area is 65.7 Å². The van der Waals surface area contributed by atoms with Gasteiger partial charge in [-0.2, -0.15) is 0 Å². The monoisotopic (exact) mass is 149 g/mol. The van der Waals surface area contributed by atoms with Crippen LogP contribution in [0.4, 0.5) is 0 Å². The third kappa shape index (κ3) is 2.34. The Kier molecular flexibility index (Phi) is 2.55. The molecule has 0 atom stereocenters. The standard InChI is InChI=1S/C9H10O2/c1-2-7-11-9-5-3-8(10)4-6-9/h2-6,10H,1,7H2/p-1. The lowest BCUT2D eigenvalue weighted by molar-refractivity contribution is -0.268. The molecule has 0 amide bonds. The van der Waals surface area contributed by atoms with Crippen molar-refractivity contribution in [2.24, 2.45) is 0 Å². The maximum atomic E-state index is 10.6. The Hall–Kier alpha value is -1.44. The number of ether oxygens (including phenoxy) is 1. The molecule has 0 spiro atoms. The van der Waals surface area contributed by atoms with Gasteiger partial charge in [0.1, 0.15) is 12.4 Å². The molecule has 2 heteroatoms. The van der Waals surface area contributed by atoms with Crippen LogP contribution in [0.15, 0.2) is 36.9 Å². The molecule has 1 aromatic rings. The van der Waals surface area contributed by atoms with Crippen LogP contribution < -0.4 is 9.84 Å². The summed E-state index contributed by atoms with van der Waals surface area (Å²) in [5, 5.41) is 10.6. The topological polar surface area (TPSA) is 32.3 Å². The van der Waals surface area contributed by atoms with Crippen LogP contribution in [0.1, 0.15) is 0 Å². The molecule has 0 saturated heterocycles. The Morgan fingerprint density at radius 3 is 2.55 bits per heavy atom. The van der Waals surface area contributed by atoms with Crippen molar-refractivity contribution in [1.29, 1.82) is 0 Å². The van der Waals surface area contributed by atoms with Crippen LogP contribution in [0.25, 0.3) is 0 Å². The maximum absolute atomic E-state index is 10.6. The lowest BCUT2D eigenvalue weighted by Crippen LogP contribution is -1.93. The Morgan fingerprint density at radius 2 is 2.00 bits per heavy atom. The summed E-state index contributed by atoms with van der Waals surface area (Å²) in [6.45, 7) is 3.98. The average Bonchev–Trinajstić information content (AvgIpc) is 2.04. The summed E-state index contributed by atoms with van der Waals surface area (Å²) in [6.07, 6.45) is 1.66. The van der Waals surface area contributed by atoms with Gasteiger partial charge in [-0.3, -0.25) is 0 Å². The minimum atomic E-state index is -0.00375. The fourth-order valence-corrected chi connectivity index (χ4v) is 0.691. The van der Waals surface area contributed by atoms with Gasteiger partial charge in [-0.15, -0.1) is 5.75 Å². The van der Waals surface area contributed by atoms with Crippen molar-refractivity contribution in [2.75, 3.05) is 6.61 Å². The predicted octanol–water partition coefficient (Wildman–Crippen LogP) is 1.32. The molecule has 1 aromatic carbocycles. The molecule has 1 rings (SSSR count). The van der Waals surface area contributed by atoms with E-state index >= 15 is 0 Å². The molecule has 0 aliphatic rings. The highest BCUT2D eigenvalue weighted by Crippen LogP contribution is 2.13. The Bertz CT molecular complexity index is 226. The highest BCUT2D eigenvalue weighted by Gasteiger charge is 1.86. The smallest absolute Gasteiger partial charge is 0.119 e. The molecule has 0 saturated carbocycles. The maximum Gasteiger partial charge on any atom is 0.119 e. The van der Waals surface area contributed by atoms with Gasteiger partial charge in [-0.25, -0.2) is 0 Å². The average molecular weight is 149 g/mol. The first-order chi connectivity index (χ1) is 5.33. The highest BCUT2D eigenvalue weighted by molar-refractivity contribution is 5.29. The number of hydrogen-bond donors (Lipinski definition) is 0. The Balaban J connectivity index is 2.58. The van der Waals surface area contributed by atoms with Gasteiger partial charge < -0.3 is 9.84 Å². The van der Waals surface area contributed by atoms with Gasteiger partial charge >= 0.3 is 0 Å². The van der Waals surface area contributed by atoms with Gasteiger partial charge in [0.2, 0.25) is 0 Å². The molecule has 0 bridgehead atoms. The van der Waals surface area contributed by atoms with E-state index in [-0.39, 0.29) is 5.75 Å². The quantitative estimate of drug-likeness (QED) is 0.607. The SMILES string of the molecule is C=CCOc1ccc([O-])cc1. The van der Waals surface area contributed by atoms with Crippen molar-refractivity contribution < 1.29 is 9.84 Å². The van der Waals surface area contributed by atoms with Crippen molar-refractivity contribution in [2.45, 2.75) is 0 Å². The minimum absolute atomic E-state index is 0.00375. The number of rotatable bonds is 3. The van der Waals surface area contributed by atoms with Crippen molar-refractivity contribution in [1.82, 2.24) is 0 Å². The molecule has 0 aliphatic carbocycles. The Morgan fingerprint density at radius 1 is 1.36 bits per heavy atom. The molecule has 0 fully saturated rings. The van der Waals surface area contributed by atoms with Gasteiger partial charge in [0.15, 0.2) is 0 Å². The first kappa shape index (κ1) is 7.66. The summed E-state index contributed by atoms with van der Waals surface area (Å²) < 4.78 is 5.15. The summed E-state index contributed by atoms with van der Waals surface area (Å²) >= 11 is 0. The van der Waals surface area contributed by atoms with E-state index in [4.69, 9.17) is 4.74 Å². The zero-order chi connectivity index (χ0) is 8.10. The van der Waals surface area contributed by atoms with Crippen LogP contribution in [0.3, 0.4) is 0 Å². The van der Waals surface area contributed by atoms with Gasteiger partial charge in [-0.1, -0.05) is 24.8 Å². The van der Waals surface area contributed by atoms with E-state index in [1.165, 1.54) is 12.1 Å². The molecule has 0 unspecified atom stereocenters. The second-order valence-corrected chi connectivity index (χ2v) is 2.07. The second kappa shape index (κ2) is 3.66. The normalized spacial score (nSPS) is 9.09. The summed E-state index contributed by atoms with van der Waals surface area (Å²) in [6, 6.07) is 6.23. The van der Waals surface area contributed by atoms with E-state index in [9.17, 15) is 5.11 Å². The van der Waals surface area contributed by atoms with Crippen LogP contribution in [0, 0.1) is 0 Å². The van der Waals surface area contributed by atoms with Gasteiger partial charge in [0.25, 0.3) is 0 Å². The third-order valence-electron chi connectivity index (χ3n) is 1.19. The molecule has 0 N–H and O–H groups in total. The zero-order valence-corrected chi connectivity index (χ0v) is 6.12. The molecular weight excluding hydrogens is 140 g/mol.